The summed E-state index contributed by atoms with van der Waals surface area (Å²) in [7, 11) is 0. The summed E-state index contributed by atoms with van der Waals surface area (Å²) < 4.78 is 16.5. The van der Waals surface area contributed by atoms with Crippen LogP contribution in [0.4, 0.5) is 0 Å². The Morgan fingerprint density at radius 2 is 0.695 bits per heavy atom. The lowest BCUT2D eigenvalue weighted by Crippen LogP contribution is -2.30. The van der Waals surface area contributed by atoms with Crippen molar-refractivity contribution in [3.05, 3.63) is 109 Å². The fraction of sp³-hybridized carbons (Fsp3) is 0.604. The monoisotopic (exact) mass is 817 g/mol. The van der Waals surface area contributed by atoms with Gasteiger partial charge in [0.15, 0.2) is 6.10 Å². The smallest absolute Gasteiger partial charge is 0.306 e. The Hall–Kier alpha value is -3.93. The third-order valence-electron chi connectivity index (χ3n) is 9.29. The van der Waals surface area contributed by atoms with E-state index in [0.29, 0.717) is 19.3 Å². The van der Waals surface area contributed by atoms with Gasteiger partial charge in [-0.05, 0) is 89.9 Å². The summed E-state index contributed by atoms with van der Waals surface area (Å²) in [6, 6.07) is 0. The third kappa shape index (κ3) is 45.0. The molecule has 6 heteroatoms. The van der Waals surface area contributed by atoms with Crippen molar-refractivity contribution in [3.8, 4) is 0 Å². The molecule has 1 atom stereocenters. The minimum Gasteiger partial charge on any atom is -0.462 e. The second-order valence-corrected chi connectivity index (χ2v) is 14.9. The molecule has 0 N–H and O–H groups in total. The molecule has 0 aliphatic rings. The molecule has 0 aromatic heterocycles. The van der Waals surface area contributed by atoms with Gasteiger partial charge in [-0.25, -0.2) is 0 Å². The summed E-state index contributed by atoms with van der Waals surface area (Å²) in [5, 5.41) is 0. The van der Waals surface area contributed by atoms with Crippen LogP contribution in [0.2, 0.25) is 0 Å². The van der Waals surface area contributed by atoms with E-state index in [1.54, 1.807) is 0 Å². The molecule has 0 fully saturated rings. The van der Waals surface area contributed by atoms with Crippen molar-refractivity contribution in [3.63, 3.8) is 0 Å². The molecule has 0 rings (SSSR count). The Kier molecular flexibility index (Phi) is 43.6. The van der Waals surface area contributed by atoms with Crippen LogP contribution in [0.25, 0.3) is 0 Å². The normalized spacial score (nSPS) is 13.1. The van der Waals surface area contributed by atoms with Gasteiger partial charge in [-0.1, -0.05) is 188 Å². The second kappa shape index (κ2) is 46.8. The molecular formula is C53H84O6. The Balaban J connectivity index is 4.37. The van der Waals surface area contributed by atoms with E-state index in [1.807, 2.05) is 12.2 Å². The van der Waals surface area contributed by atoms with E-state index in [0.717, 1.165) is 116 Å². The molecule has 0 saturated heterocycles. The molecular weight excluding hydrogens is 733 g/mol. The number of carbonyl (C=O) groups excluding carboxylic acids is 3. The highest BCUT2D eigenvalue weighted by molar-refractivity contribution is 5.71. The summed E-state index contributed by atoms with van der Waals surface area (Å²) in [6.45, 7) is 6.22. The molecule has 0 aliphatic carbocycles. The molecule has 332 valence electrons. The lowest BCUT2D eigenvalue weighted by molar-refractivity contribution is -0.166. The van der Waals surface area contributed by atoms with Crippen LogP contribution in [0.1, 0.15) is 188 Å². The van der Waals surface area contributed by atoms with Gasteiger partial charge >= 0.3 is 17.9 Å². The van der Waals surface area contributed by atoms with Crippen LogP contribution in [-0.2, 0) is 28.6 Å². The van der Waals surface area contributed by atoms with E-state index < -0.39 is 6.10 Å². The van der Waals surface area contributed by atoms with Gasteiger partial charge in [0.05, 0.1) is 0 Å². The van der Waals surface area contributed by atoms with Crippen LogP contribution in [-0.4, -0.2) is 37.2 Å². The first-order valence-electron chi connectivity index (χ1n) is 23.4. The first-order chi connectivity index (χ1) is 29.0. The SMILES string of the molecule is CC/C=C\C/C=C\C/C=C\C/C=C\C/C=C\C/C=C\CCC(=O)OCC(COC(=O)CCCCCCC)OC(=O)CCCCCCCCC/C=C\C/C=C\C/C=C\CC. The van der Waals surface area contributed by atoms with E-state index in [9.17, 15) is 14.4 Å². The maximum Gasteiger partial charge on any atom is 0.306 e. The zero-order valence-corrected chi connectivity index (χ0v) is 37.7. The minimum atomic E-state index is -0.811. The molecule has 6 nitrogen and oxygen atoms in total. The quantitative estimate of drug-likeness (QED) is 0.0265. The number of rotatable bonds is 40. The Morgan fingerprint density at radius 1 is 0.356 bits per heavy atom. The van der Waals surface area contributed by atoms with Crippen LogP contribution < -0.4 is 0 Å². The number of unbranched alkanes of at least 4 members (excludes halogenated alkanes) is 11. The molecule has 0 bridgehead atoms. The van der Waals surface area contributed by atoms with Crippen molar-refractivity contribution < 1.29 is 28.6 Å². The van der Waals surface area contributed by atoms with Gasteiger partial charge in [0.25, 0.3) is 0 Å². The summed E-state index contributed by atoms with van der Waals surface area (Å²) in [6.07, 6.45) is 62.6. The standard InChI is InChI=1S/C53H84O6/c1-4-7-10-13-15-17-19-21-23-25-26-28-29-31-33-35-37-40-43-46-52(55)58-49-50(48-57-51(54)45-42-39-12-9-6-3)59-53(56)47-44-41-38-36-34-32-30-27-24-22-20-18-16-14-11-8-5-2/h7-8,10-11,15-18,21-24,26,28,31,33,37,40,50H,4-6,9,12-14,19-20,25,27,29-30,32,34-36,38-39,41-49H2,1-3H3/b10-7-,11-8-,17-15-,18-16-,23-21-,24-22-,28-26-,33-31-,40-37-. The van der Waals surface area contributed by atoms with Crippen molar-refractivity contribution in [1.29, 1.82) is 0 Å². The lowest BCUT2D eigenvalue weighted by Gasteiger charge is -2.18. The number of carbonyl (C=O) groups is 3. The summed E-state index contributed by atoms with van der Waals surface area (Å²) >= 11 is 0. The Morgan fingerprint density at radius 3 is 1.14 bits per heavy atom. The molecule has 59 heavy (non-hydrogen) atoms. The maximum absolute atomic E-state index is 12.7. The number of hydrogen-bond acceptors (Lipinski definition) is 6. The molecule has 0 heterocycles. The van der Waals surface area contributed by atoms with E-state index in [2.05, 4.69) is 118 Å². The molecule has 0 aliphatic heterocycles. The maximum atomic E-state index is 12.7. The van der Waals surface area contributed by atoms with Gasteiger partial charge in [0.1, 0.15) is 13.2 Å². The molecule has 0 aromatic carbocycles. The third-order valence-corrected chi connectivity index (χ3v) is 9.29. The fourth-order valence-electron chi connectivity index (χ4n) is 5.83. The van der Waals surface area contributed by atoms with Crippen molar-refractivity contribution >= 4 is 17.9 Å². The van der Waals surface area contributed by atoms with Crippen LogP contribution in [0, 0.1) is 0 Å². The van der Waals surface area contributed by atoms with Gasteiger partial charge in [0, 0.05) is 19.3 Å². The molecule has 1 unspecified atom stereocenters. The Labute approximate surface area is 361 Å². The van der Waals surface area contributed by atoms with Crippen LogP contribution in [0.5, 0.6) is 0 Å². The van der Waals surface area contributed by atoms with Gasteiger partial charge in [-0.2, -0.15) is 0 Å². The average Bonchev–Trinajstić information content (AvgIpc) is 3.23. The first kappa shape index (κ1) is 55.1. The van der Waals surface area contributed by atoms with E-state index in [-0.39, 0.29) is 37.5 Å². The second-order valence-electron chi connectivity index (χ2n) is 14.9. The highest BCUT2D eigenvalue weighted by Crippen LogP contribution is 2.12. The van der Waals surface area contributed by atoms with Crippen LogP contribution in [0.15, 0.2) is 109 Å². The van der Waals surface area contributed by atoms with Gasteiger partial charge in [-0.3, -0.25) is 14.4 Å². The summed E-state index contributed by atoms with van der Waals surface area (Å²) in [5.74, 6) is -1.03. The van der Waals surface area contributed by atoms with Crippen LogP contribution >= 0.6 is 0 Å². The molecule has 0 spiro atoms. The molecule has 0 radical (unpaired) electrons. The summed E-state index contributed by atoms with van der Waals surface area (Å²) in [4.78, 5) is 37.5. The van der Waals surface area contributed by atoms with Gasteiger partial charge < -0.3 is 14.2 Å². The molecule has 0 amide bonds. The summed E-state index contributed by atoms with van der Waals surface area (Å²) in [5.41, 5.74) is 0. The molecule has 0 aromatic rings. The highest BCUT2D eigenvalue weighted by atomic mass is 16.6. The predicted octanol–water partition coefficient (Wildman–Crippen LogP) is 15.2. The van der Waals surface area contributed by atoms with E-state index >= 15 is 0 Å². The number of hydrogen-bond donors (Lipinski definition) is 0. The molecule has 0 saturated carbocycles. The number of allylic oxidation sites excluding steroid dienone is 18. The number of esters is 3. The highest BCUT2D eigenvalue weighted by Gasteiger charge is 2.19. The van der Waals surface area contributed by atoms with Gasteiger partial charge in [0.2, 0.25) is 0 Å². The predicted molar refractivity (Wildman–Crippen MR) is 251 cm³/mol. The van der Waals surface area contributed by atoms with Gasteiger partial charge in [-0.15, -0.1) is 0 Å². The van der Waals surface area contributed by atoms with Crippen molar-refractivity contribution in [2.75, 3.05) is 13.2 Å². The lowest BCUT2D eigenvalue weighted by atomic mass is 10.1. The van der Waals surface area contributed by atoms with Crippen molar-refractivity contribution in [2.45, 2.75) is 194 Å². The van der Waals surface area contributed by atoms with Crippen molar-refractivity contribution in [2.24, 2.45) is 0 Å². The number of ether oxygens (including phenoxy) is 3. The van der Waals surface area contributed by atoms with E-state index in [1.165, 1.54) is 25.7 Å². The van der Waals surface area contributed by atoms with E-state index in [4.69, 9.17) is 14.2 Å². The van der Waals surface area contributed by atoms with Crippen LogP contribution in [0.3, 0.4) is 0 Å². The minimum absolute atomic E-state index is 0.109. The topological polar surface area (TPSA) is 78.9 Å². The fourth-order valence-corrected chi connectivity index (χ4v) is 5.83. The zero-order valence-electron chi connectivity index (χ0n) is 37.7. The zero-order chi connectivity index (χ0) is 43.0. The first-order valence-corrected chi connectivity index (χ1v) is 23.4. The Bertz CT molecular complexity index is 1260. The van der Waals surface area contributed by atoms with Crippen molar-refractivity contribution in [1.82, 2.24) is 0 Å². The average molecular weight is 817 g/mol. The largest absolute Gasteiger partial charge is 0.462 e.